The van der Waals surface area contributed by atoms with Gasteiger partial charge in [-0.25, -0.2) is 9.37 Å². The first kappa shape index (κ1) is 19.6. The van der Waals surface area contributed by atoms with E-state index in [-0.39, 0.29) is 18.3 Å². The summed E-state index contributed by atoms with van der Waals surface area (Å²) in [6.07, 6.45) is 5.70. The molecule has 0 radical (unpaired) electrons. The van der Waals surface area contributed by atoms with E-state index in [0.29, 0.717) is 29.2 Å². The van der Waals surface area contributed by atoms with Gasteiger partial charge in [-0.1, -0.05) is 19.1 Å². The normalized spacial score (nSPS) is 10.9. The summed E-state index contributed by atoms with van der Waals surface area (Å²) in [6.45, 7) is 2.28. The molecule has 3 aromatic heterocycles. The van der Waals surface area contributed by atoms with E-state index in [1.165, 1.54) is 12.1 Å². The standard InChI is InChI=1S/C23H21FN4O2/c1-3-19-22(27(2)23(29)17-10-12-25-13-11-17)28-14-4-5-20(21(28)26-19)30-15-16-6-8-18(24)9-7-16/h4-14H,3,15H2,1-2H3. The van der Waals surface area contributed by atoms with E-state index in [0.717, 1.165) is 11.3 Å². The van der Waals surface area contributed by atoms with Crippen molar-refractivity contribution in [3.63, 3.8) is 0 Å². The average Bonchev–Trinajstić information content (AvgIpc) is 3.17. The fourth-order valence-electron chi connectivity index (χ4n) is 3.31. The number of carbonyl (C=O) groups is 1. The summed E-state index contributed by atoms with van der Waals surface area (Å²) in [7, 11) is 1.73. The number of nitrogens with zero attached hydrogens (tertiary/aromatic N) is 4. The lowest BCUT2D eigenvalue weighted by molar-refractivity contribution is 0.0992. The van der Waals surface area contributed by atoms with Crippen LogP contribution in [0.1, 0.15) is 28.5 Å². The van der Waals surface area contributed by atoms with E-state index in [1.807, 2.05) is 29.7 Å². The predicted octanol–water partition coefficient (Wildman–Crippen LogP) is 4.29. The molecule has 0 spiro atoms. The molecule has 3 heterocycles. The van der Waals surface area contributed by atoms with Crippen LogP contribution in [0.4, 0.5) is 10.2 Å². The molecule has 0 atom stereocenters. The smallest absolute Gasteiger partial charge is 0.259 e. The van der Waals surface area contributed by atoms with Crippen molar-refractivity contribution in [2.75, 3.05) is 11.9 Å². The van der Waals surface area contributed by atoms with Crippen molar-refractivity contribution in [1.29, 1.82) is 0 Å². The van der Waals surface area contributed by atoms with Crippen molar-refractivity contribution >= 4 is 17.4 Å². The molecule has 4 aromatic rings. The third-order valence-corrected chi connectivity index (χ3v) is 4.85. The van der Waals surface area contributed by atoms with E-state index in [9.17, 15) is 9.18 Å². The number of fused-ring (bicyclic) bond motifs is 1. The topological polar surface area (TPSA) is 59.7 Å². The highest BCUT2D eigenvalue weighted by Gasteiger charge is 2.22. The zero-order chi connectivity index (χ0) is 21.1. The van der Waals surface area contributed by atoms with Gasteiger partial charge in [0.15, 0.2) is 11.4 Å². The highest BCUT2D eigenvalue weighted by Crippen LogP contribution is 2.29. The minimum absolute atomic E-state index is 0.147. The summed E-state index contributed by atoms with van der Waals surface area (Å²) in [6, 6.07) is 13.2. The second-order valence-electron chi connectivity index (χ2n) is 6.82. The van der Waals surface area contributed by atoms with Gasteiger partial charge in [-0.05, 0) is 48.4 Å². The van der Waals surface area contributed by atoms with E-state index in [2.05, 4.69) is 4.98 Å². The Balaban J connectivity index is 1.68. The maximum Gasteiger partial charge on any atom is 0.259 e. The van der Waals surface area contributed by atoms with Gasteiger partial charge >= 0.3 is 0 Å². The molecule has 6 nitrogen and oxygen atoms in total. The van der Waals surface area contributed by atoms with E-state index in [1.54, 1.807) is 48.6 Å². The Labute approximate surface area is 173 Å². The zero-order valence-electron chi connectivity index (χ0n) is 16.7. The summed E-state index contributed by atoms with van der Waals surface area (Å²) >= 11 is 0. The van der Waals surface area contributed by atoms with E-state index in [4.69, 9.17) is 9.72 Å². The van der Waals surface area contributed by atoms with Crippen LogP contribution in [0.25, 0.3) is 5.65 Å². The Hall–Kier alpha value is -3.74. The number of hydrogen-bond donors (Lipinski definition) is 0. The molecular formula is C23H21FN4O2. The number of rotatable bonds is 6. The molecule has 4 rings (SSSR count). The molecule has 0 unspecified atom stereocenters. The van der Waals surface area contributed by atoms with Crippen LogP contribution in [-0.4, -0.2) is 27.3 Å². The summed E-state index contributed by atoms with van der Waals surface area (Å²) in [5.41, 5.74) is 2.82. The molecule has 152 valence electrons. The van der Waals surface area contributed by atoms with Gasteiger partial charge in [0.1, 0.15) is 18.2 Å². The summed E-state index contributed by atoms with van der Waals surface area (Å²) in [4.78, 5) is 23.3. The Morgan fingerprint density at radius 2 is 1.87 bits per heavy atom. The van der Waals surface area contributed by atoms with Gasteiger partial charge in [0.2, 0.25) is 0 Å². The molecule has 7 heteroatoms. The predicted molar refractivity (Wildman–Crippen MR) is 112 cm³/mol. The van der Waals surface area contributed by atoms with Crippen molar-refractivity contribution in [2.24, 2.45) is 0 Å². The quantitative estimate of drug-likeness (QED) is 0.481. The molecule has 1 aromatic carbocycles. The summed E-state index contributed by atoms with van der Waals surface area (Å²) in [5.74, 6) is 0.855. The Kier molecular flexibility index (Phi) is 5.43. The number of benzene rings is 1. The number of halogens is 1. The molecule has 1 amide bonds. The van der Waals surface area contributed by atoms with Gasteiger partial charge in [-0.15, -0.1) is 0 Å². The Morgan fingerprint density at radius 3 is 2.57 bits per heavy atom. The number of amides is 1. The lowest BCUT2D eigenvalue weighted by Gasteiger charge is -2.18. The van der Waals surface area contributed by atoms with E-state index < -0.39 is 0 Å². The van der Waals surface area contributed by atoms with Crippen LogP contribution in [0.15, 0.2) is 67.1 Å². The first-order valence-corrected chi connectivity index (χ1v) is 9.63. The van der Waals surface area contributed by atoms with Crippen LogP contribution >= 0.6 is 0 Å². The van der Waals surface area contributed by atoms with Gasteiger partial charge in [-0.2, -0.15) is 0 Å². The molecular weight excluding hydrogens is 383 g/mol. The maximum atomic E-state index is 13.1. The molecule has 30 heavy (non-hydrogen) atoms. The zero-order valence-corrected chi connectivity index (χ0v) is 16.7. The number of carbonyl (C=O) groups excluding carboxylic acids is 1. The van der Waals surface area contributed by atoms with Crippen LogP contribution < -0.4 is 9.64 Å². The summed E-state index contributed by atoms with van der Waals surface area (Å²) in [5, 5.41) is 0. The number of anilines is 1. The highest BCUT2D eigenvalue weighted by atomic mass is 19.1. The molecule has 0 saturated carbocycles. The fourth-order valence-corrected chi connectivity index (χ4v) is 3.31. The van der Waals surface area contributed by atoms with Crippen molar-refractivity contribution in [3.8, 4) is 5.75 Å². The number of ether oxygens (including phenoxy) is 1. The Bertz CT molecular complexity index is 1170. The molecule has 0 fully saturated rings. The SMILES string of the molecule is CCc1nc2c(OCc3ccc(F)cc3)cccn2c1N(C)C(=O)c1ccncc1. The number of hydrogen-bond acceptors (Lipinski definition) is 4. The second kappa shape index (κ2) is 8.32. The fraction of sp³-hybridized carbons (Fsp3) is 0.174. The monoisotopic (exact) mass is 404 g/mol. The summed E-state index contributed by atoms with van der Waals surface area (Å²) < 4.78 is 20.9. The van der Waals surface area contributed by atoms with Gasteiger partial charge in [0.25, 0.3) is 5.91 Å². The largest absolute Gasteiger partial charge is 0.485 e. The van der Waals surface area contributed by atoms with Gasteiger partial charge in [0.05, 0.1) is 5.69 Å². The van der Waals surface area contributed by atoms with Crippen LogP contribution in [0.3, 0.4) is 0 Å². The Morgan fingerprint density at radius 1 is 1.13 bits per heavy atom. The van der Waals surface area contributed by atoms with Crippen molar-refractivity contribution < 1.29 is 13.9 Å². The van der Waals surface area contributed by atoms with Crippen molar-refractivity contribution in [1.82, 2.24) is 14.4 Å². The molecule has 0 aliphatic heterocycles. The lowest BCUT2D eigenvalue weighted by atomic mass is 10.2. The third kappa shape index (κ3) is 3.74. The van der Waals surface area contributed by atoms with Crippen molar-refractivity contribution in [2.45, 2.75) is 20.0 Å². The molecule has 0 bridgehead atoms. The molecule has 0 N–H and O–H groups in total. The first-order valence-electron chi connectivity index (χ1n) is 9.63. The van der Waals surface area contributed by atoms with Crippen molar-refractivity contribution in [3.05, 3.63) is 89.8 Å². The minimum atomic E-state index is -0.284. The number of pyridine rings is 2. The number of imidazole rings is 1. The number of aromatic nitrogens is 3. The molecule has 0 aliphatic carbocycles. The maximum absolute atomic E-state index is 13.1. The second-order valence-corrected chi connectivity index (χ2v) is 6.82. The molecule has 0 aliphatic rings. The van der Waals surface area contributed by atoms with Crippen LogP contribution in [0.5, 0.6) is 5.75 Å². The van der Waals surface area contributed by atoms with Gasteiger partial charge in [0, 0.05) is 31.2 Å². The van der Waals surface area contributed by atoms with Gasteiger partial charge in [-0.3, -0.25) is 19.1 Å². The molecule has 0 saturated heterocycles. The lowest BCUT2D eigenvalue weighted by Crippen LogP contribution is -2.28. The van der Waals surface area contributed by atoms with Crippen LogP contribution in [0.2, 0.25) is 0 Å². The third-order valence-electron chi connectivity index (χ3n) is 4.85. The number of aryl methyl sites for hydroxylation is 1. The first-order chi connectivity index (χ1) is 14.6. The van der Waals surface area contributed by atoms with Crippen LogP contribution in [0, 0.1) is 5.82 Å². The average molecular weight is 404 g/mol. The van der Waals surface area contributed by atoms with Crippen LogP contribution in [-0.2, 0) is 13.0 Å². The van der Waals surface area contributed by atoms with E-state index >= 15 is 0 Å². The highest BCUT2D eigenvalue weighted by molar-refractivity contribution is 6.05. The van der Waals surface area contributed by atoms with Gasteiger partial charge < -0.3 is 4.74 Å². The minimum Gasteiger partial charge on any atom is -0.485 e.